The molecule has 0 bridgehead atoms. The number of aryl methyl sites for hydroxylation is 3. The molecular formula is C23H23F3N2O2S. The highest BCUT2D eigenvalue weighted by molar-refractivity contribution is 7.19. The van der Waals surface area contributed by atoms with Gasteiger partial charge in [0.15, 0.2) is 0 Å². The molecule has 0 saturated heterocycles. The highest BCUT2D eigenvalue weighted by atomic mass is 32.1. The van der Waals surface area contributed by atoms with Crippen LogP contribution in [0.5, 0.6) is 0 Å². The zero-order chi connectivity index (χ0) is 22.3. The number of hydrogen-bond donors (Lipinski definition) is 1. The van der Waals surface area contributed by atoms with E-state index in [4.69, 9.17) is 9.72 Å². The van der Waals surface area contributed by atoms with E-state index in [1.807, 2.05) is 13.8 Å². The summed E-state index contributed by atoms with van der Waals surface area (Å²) in [6.07, 6.45) is -0.0855. The average Bonchev–Trinajstić information content (AvgIpc) is 3.08. The molecule has 3 aromatic heterocycles. The first kappa shape index (κ1) is 21.8. The van der Waals surface area contributed by atoms with E-state index in [0.717, 1.165) is 47.5 Å². The minimum absolute atomic E-state index is 0.170. The number of aromatic nitrogens is 2. The van der Waals surface area contributed by atoms with Crippen LogP contribution in [-0.4, -0.2) is 21.7 Å². The van der Waals surface area contributed by atoms with Gasteiger partial charge in [-0.05, 0) is 51.2 Å². The number of alkyl halides is 3. The molecule has 0 spiro atoms. The highest BCUT2D eigenvalue weighted by Crippen LogP contribution is 2.46. The monoisotopic (exact) mass is 448 g/mol. The second-order valence-electron chi connectivity index (χ2n) is 7.63. The Kier molecular flexibility index (Phi) is 5.79. The van der Waals surface area contributed by atoms with Crippen molar-refractivity contribution in [2.75, 3.05) is 6.61 Å². The van der Waals surface area contributed by atoms with Crippen LogP contribution in [0.15, 0.2) is 30.7 Å². The van der Waals surface area contributed by atoms with Crippen LogP contribution in [0.25, 0.3) is 21.3 Å². The predicted molar refractivity (Wildman–Crippen MR) is 115 cm³/mol. The number of nitrogens with zero attached hydrogens (tertiary/aromatic N) is 2. The number of aliphatic hydroxyl groups is 1. The Morgan fingerprint density at radius 3 is 2.65 bits per heavy atom. The molecule has 31 heavy (non-hydrogen) atoms. The zero-order valence-corrected chi connectivity index (χ0v) is 18.2. The lowest BCUT2D eigenvalue weighted by molar-refractivity contribution is -0.141. The minimum atomic E-state index is -4.51. The molecule has 0 aromatic carbocycles. The predicted octanol–water partition coefficient (Wildman–Crippen LogP) is 6.71. The van der Waals surface area contributed by atoms with Crippen molar-refractivity contribution in [1.29, 1.82) is 0 Å². The summed E-state index contributed by atoms with van der Waals surface area (Å²) in [5, 5.41) is 11.2. The van der Waals surface area contributed by atoms with Crippen LogP contribution in [0.4, 0.5) is 13.2 Å². The topological polar surface area (TPSA) is 55.2 Å². The Morgan fingerprint density at radius 1 is 1.29 bits per heavy atom. The molecule has 8 heteroatoms. The maximum Gasteiger partial charge on any atom is 0.433 e. The molecule has 4 rings (SSSR count). The minimum Gasteiger partial charge on any atom is -0.510 e. The number of pyridine rings is 2. The van der Waals surface area contributed by atoms with Crippen LogP contribution in [0.2, 0.25) is 0 Å². The first-order valence-electron chi connectivity index (χ1n) is 10.2. The van der Waals surface area contributed by atoms with Gasteiger partial charge in [0, 0.05) is 45.5 Å². The van der Waals surface area contributed by atoms with Gasteiger partial charge in [0.2, 0.25) is 0 Å². The third-order valence-electron chi connectivity index (χ3n) is 5.57. The third kappa shape index (κ3) is 3.94. The van der Waals surface area contributed by atoms with Gasteiger partial charge in [-0.1, -0.05) is 12.6 Å². The molecule has 0 saturated carbocycles. The van der Waals surface area contributed by atoms with E-state index in [9.17, 15) is 18.3 Å². The van der Waals surface area contributed by atoms with Crippen LogP contribution in [0.3, 0.4) is 0 Å². The molecule has 1 aliphatic carbocycles. The highest BCUT2D eigenvalue weighted by Gasteiger charge is 2.33. The van der Waals surface area contributed by atoms with Gasteiger partial charge in [0.1, 0.15) is 22.4 Å². The lowest BCUT2D eigenvalue weighted by Gasteiger charge is -2.23. The summed E-state index contributed by atoms with van der Waals surface area (Å²) >= 11 is 1.64. The molecule has 3 aromatic rings. The lowest BCUT2D eigenvalue weighted by Crippen LogP contribution is -2.12. The van der Waals surface area contributed by atoms with E-state index in [0.29, 0.717) is 23.4 Å². The fraction of sp³-hybridized carbons (Fsp3) is 0.391. The van der Waals surface area contributed by atoms with E-state index in [2.05, 4.69) is 11.6 Å². The lowest BCUT2D eigenvalue weighted by atomic mass is 9.88. The standard InChI is InChI=1S/C23H23F3N2O2S/c1-4-30-21(13(3)29)18-12(2)28-22-20(15-7-5-6-8-16(15)31-22)19(18)14-9-10-17(27-11-14)23(24,25)26/h9-11,21,29H,3-8H2,1-2H3/t21-/m1/s1. The van der Waals surface area contributed by atoms with E-state index < -0.39 is 18.0 Å². The van der Waals surface area contributed by atoms with Crippen LogP contribution < -0.4 is 0 Å². The molecule has 0 amide bonds. The molecule has 0 radical (unpaired) electrons. The Bertz CT molecular complexity index is 1140. The number of ether oxygens (including phenoxy) is 1. The summed E-state index contributed by atoms with van der Waals surface area (Å²) < 4.78 is 45.1. The Labute approximate surface area is 182 Å². The van der Waals surface area contributed by atoms with Crippen molar-refractivity contribution in [3.63, 3.8) is 0 Å². The van der Waals surface area contributed by atoms with Crippen molar-refractivity contribution in [3.05, 3.63) is 58.1 Å². The van der Waals surface area contributed by atoms with Crippen molar-refractivity contribution >= 4 is 21.6 Å². The molecule has 164 valence electrons. The molecular weight excluding hydrogens is 425 g/mol. The Balaban J connectivity index is 2.05. The molecule has 1 atom stereocenters. The summed E-state index contributed by atoms with van der Waals surface area (Å²) in [6.45, 7) is 7.63. The maximum atomic E-state index is 13.1. The molecule has 1 aliphatic rings. The fourth-order valence-corrected chi connectivity index (χ4v) is 5.58. The van der Waals surface area contributed by atoms with Gasteiger partial charge in [-0.3, -0.25) is 4.98 Å². The van der Waals surface area contributed by atoms with Gasteiger partial charge in [0.25, 0.3) is 0 Å². The SMILES string of the molecule is C=C(O)[C@@H](OCC)c1c(C)nc2sc3c(c2c1-c1ccc(C(F)(F)F)nc1)CCCC3. The number of halogens is 3. The van der Waals surface area contributed by atoms with Gasteiger partial charge in [-0.15, -0.1) is 11.3 Å². The van der Waals surface area contributed by atoms with Crippen LogP contribution >= 0.6 is 11.3 Å². The van der Waals surface area contributed by atoms with Gasteiger partial charge in [-0.2, -0.15) is 13.2 Å². The number of hydrogen-bond acceptors (Lipinski definition) is 5. The number of thiophene rings is 1. The molecule has 3 heterocycles. The summed E-state index contributed by atoms with van der Waals surface area (Å²) in [5.74, 6) is -0.170. The van der Waals surface area contributed by atoms with Crippen LogP contribution in [0, 0.1) is 6.92 Å². The number of rotatable bonds is 5. The van der Waals surface area contributed by atoms with Gasteiger partial charge in [-0.25, -0.2) is 4.98 Å². The van der Waals surface area contributed by atoms with Crippen molar-refractivity contribution in [2.45, 2.75) is 51.8 Å². The summed E-state index contributed by atoms with van der Waals surface area (Å²) in [6, 6.07) is 2.42. The van der Waals surface area contributed by atoms with Crippen molar-refractivity contribution in [1.82, 2.24) is 9.97 Å². The first-order chi connectivity index (χ1) is 14.7. The van der Waals surface area contributed by atoms with Crippen molar-refractivity contribution in [3.8, 4) is 11.1 Å². The van der Waals surface area contributed by atoms with Gasteiger partial charge < -0.3 is 9.84 Å². The number of fused-ring (bicyclic) bond motifs is 3. The summed E-state index contributed by atoms with van der Waals surface area (Å²) in [7, 11) is 0. The smallest absolute Gasteiger partial charge is 0.433 e. The summed E-state index contributed by atoms with van der Waals surface area (Å²) in [5.41, 5.74) is 2.77. The van der Waals surface area contributed by atoms with E-state index in [1.54, 1.807) is 11.3 Å². The quantitative estimate of drug-likeness (QED) is 0.441. The van der Waals surface area contributed by atoms with E-state index >= 15 is 0 Å². The first-order valence-corrected chi connectivity index (χ1v) is 11.0. The van der Waals surface area contributed by atoms with E-state index in [1.165, 1.54) is 22.7 Å². The van der Waals surface area contributed by atoms with Crippen molar-refractivity contribution in [2.24, 2.45) is 0 Å². The third-order valence-corrected chi connectivity index (χ3v) is 6.76. The van der Waals surface area contributed by atoms with Crippen LogP contribution in [0.1, 0.15) is 53.3 Å². The molecule has 0 aliphatic heterocycles. The molecule has 4 nitrogen and oxygen atoms in total. The van der Waals surface area contributed by atoms with Crippen molar-refractivity contribution < 1.29 is 23.0 Å². The fourth-order valence-electron chi connectivity index (χ4n) is 4.26. The largest absolute Gasteiger partial charge is 0.510 e. The molecule has 0 unspecified atom stereocenters. The Hall–Kier alpha value is -2.45. The molecule has 0 fully saturated rings. The average molecular weight is 449 g/mol. The number of aliphatic hydroxyl groups excluding tert-OH is 1. The van der Waals surface area contributed by atoms with Gasteiger partial charge >= 0.3 is 6.18 Å². The Morgan fingerprint density at radius 2 is 2.03 bits per heavy atom. The zero-order valence-electron chi connectivity index (χ0n) is 17.3. The van der Waals surface area contributed by atoms with Crippen LogP contribution in [-0.2, 0) is 23.8 Å². The van der Waals surface area contributed by atoms with Gasteiger partial charge in [0.05, 0.1) is 0 Å². The summed E-state index contributed by atoms with van der Waals surface area (Å²) in [4.78, 5) is 10.6. The maximum absolute atomic E-state index is 13.1. The second kappa shape index (κ2) is 8.24. The molecule has 1 N–H and O–H groups in total. The normalized spacial score (nSPS) is 15.1. The second-order valence-corrected chi connectivity index (χ2v) is 8.72. The van der Waals surface area contributed by atoms with E-state index in [-0.39, 0.29) is 5.76 Å².